The molecule has 1 aromatic carbocycles. The predicted octanol–water partition coefficient (Wildman–Crippen LogP) is 1.18. The van der Waals surface area contributed by atoms with Crippen LogP contribution in [-0.4, -0.2) is 49.4 Å². The van der Waals surface area contributed by atoms with Gasteiger partial charge in [0.05, 0.1) is 0 Å². The van der Waals surface area contributed by atoms with Crippen molar-refractivity contribution in [2.45, 2.75) is 13.3 Å². The van der Waals surface area contributed by atoms with Crippen molar-refractivity contribution in [2.24, 2.45) is 0 Å². The van der Waals surface area contributed by atoms with E-state index in [-0.39, 0.29) is 11.8 Å². The monoisotopic (exact) mass is 275 g/mol. The van der Waals surface area contributed by atoms with E-state index in [9.17, 15) is 9.59 Å². The number of hydrogen-bond acceptors (Lipinski definition) is 3. The van der Waals surface area contributed by atoms with Crippen molar-refractivity contribution in [1.82, 2.24) is 15.5 Å². The third-order valence-electron chi connectivity index (χ3n) is 3.41. The predicted molar refractivity (Wildman–Crippen MR) is 78.0 cm³/mol. The Bertz CT molecular complexity index is 465. The summed E-state index contributed by atoms with van der Waals surface area (Å²) in [5.41, 5.74) is 1.83. The summed E-state index contributed by atoms with van der Waals surface area (Å²) in [6.45, 7) is 5.47. The Hall–Kier alpha value is -1.88. The highest BCUT2D eigenvalue weighted by molar-refractivity contribution is 5.96. The van der Waals surface area contributed by atoms with Crippen LogP contribution >= 0.6 is 0 Å². The number of nitrogens with zero attached hydrogens (tertiary/aromatic N) is 1. The minimum absolute atomic E-state index is 0.0608. The van der Waals surface area contributed by atoms with Gasteiger partial charge in [-0.15, -0.1) is 0 Å². The average molecular weight is 275 g/mol. The molecule has 0 unspecified atom stereocenters. The van der Waals surface area contributed by atoms with Crippen LogP contribution in [0.1, 0.15) is 22.3 Å². The number of benzene rings is 1. The SMILES string of the molecule is Cc1ccc(C(=O)CCNC(=O)N2CCNCC2)cc1. The maximum absolute atomic E-state index is 11.9. The molecule has 108 valence electrons. The number of piperazine rings is 1. The van der Waals surface area contributed by atoms with Crippen LogP contribution in [0.3, 0.4) is 0 Å². The van der Waals surface area contributed by atoms with Gasteiger partial charge in [-0.05, 0) is 6.92 Å². The summed E-state index contributed by atoms with van der Waals surface area (Å²) in [5, 5.41) is 6.00. The number of carbonyl (C=O) groups excluding carboxylic acids is 2. The lowest BCUT2D eigenvalue weighted by Gasteiger charge is -2.27. The first-order chi connectivity index (χ1) is 9.66. The lowest BCUT2D eigenvalue weighted by Crippen LogP contribution is -2.50. The van der Waals surface area contributed by atoms with E-state index in [2.05, 4.69) is 10.6 Å². The van der Waals surface area contributed by atoms with Crippen LogP contribution in [0.5, 0.6) is 0 Å². The summed E-state index contributed by atoms with van der Waals surface area (Å²) >= 11 is 0. The van der Waals surface area contributed by atoms with E-state index < -0.39 is 0 Å². The van der Waals surface area contributed by atoms with E-state index >= 15 is 0 Å². The Morgan fingerprint density at radius 2 is 1.85 bits per heavy atom. The molecule has 20 heavy (non-hydrogen) atoms. The molecule has 2 rings (SSSR count). The molecule has 0 spiro atoms. The summed E-state index contributed by atoms with van der Waals surface area (Å²) in [5.74, 6) is 0.0608. The lowest BCUT2D eigenvalue weighted by atomic mass is 10.1. The van der Waals surface area contributed by atoms with Crippen LogP contribution in [0.15, 0.2) is 24.3 Å². The van der Waals surface area contributed by atoms with Crippen LogP contribution in [0.2, 0.25) is 0 Å². The first-order valence-electron chi connectivity index (χ1n) is 7.00. The number of amides is 2. The van der Waals surface area contributed by atoms with Gasteiger partial charge in [0.2, 0.25) is 0 Å². The highest BCUT2D eigenvalue weighted by Gasteiger charge is 2.15. The first-order valence-corrected chi connectivity index (χ1v) is 7.00. The van der Waals surface area contributed by atoms with Gasteiger partial charge in [-0.1, -0.05) is 29.8 Å². The van der Waals surface area contributed by atoms with Crippen molar-refractivity contribution in [2.75, 3.05) is 32.7 Å². The highest BCUT2D eigenvalue weighted by atomic mass is 16.2. The number of nitrogens with one attached hydrogen (secondary N) is 2. The fourth-order valence-corrected chi connectivity index (χ4v) is 2.15. The Morgan fingerprint density at radius 1 is 1.20 bits per heavy atom. The fraction of sp³-hybridized carbons (Fsp3) is 0.467. The molecule has 1 saturated heterocycles. The number of aryl methyl sites for hydroxylation is 1. The van der Waals surface area contributed by atoms with Gasteiger partial charge in [0.15, 0.2) is 5.78 Å². The highest BCUT2D eigenvalue weighted by Crippen LogP contribution is 2.05. The van der Waals surface area contributed by atoms with Gasteiger partial charge in [0.1, 0.15) is 0 Å². The van der Waals surface area contributed by atoms with Crippen LogP contribution in [0.4, 0.5) is 4.79 Å². The summed E-state index contributed by atoms with van der Waals surface area (Å²) in [4.78, 5) is 25.5. The second-order valence-corrected chi connectivity index (χ2v) is 5.01. The molecule has 2 N–H and O–H groups in total. The van der Waals surface area contributed by atoms with E-state index in [0.29, 0.717) is 18.5 Å². The minimum Gasteiger partial charge on any atom is -0.338 e. The third-order valence-corrected chi connectivity index (χ3v) is 3.41. The van der Waals surface area contributed by atoms with E-state index in [1.54, 1.807) is 4.90 Å². The van der Waals surface area contributed by atoms with Crippen molar-refractivity contribution in [3.05, 3.63) is 35.4 Å². The quantitative estimate of drug-likeness (QED) is 0.811. The van der Waals surface area contributed by atoms with Crippen LogP contribution in [0, 0.1) is 6.92 Å². The largest absolute Gasteiger partial charge is 0.338 e. The molecule has 0 saturated carbocycles. The normalized spacial score (nSPS) is 14.9. The number of hydrogen-bond donors (Lipinski definition) is 2. The summed E-state index contributed by atoms with van der Waals surface area (Å²) in [6.07, 6.45) is 0.334. The molecule has 2 amide bonds. The number of ketones is 1. The van der Waals surface area contributed by atoms with Gasteiger partial charge in [-0.2, -0.15) is 0 Å². The van der Waals surface area contributed by atoms with Gasteiger partial charge in [-0.25, -0.2) is 4.79 Å². The van der Waals surface area contributed by atoms with Crippen LogP contribution in [0.25, 0.3) is 0 Å². The maximum Gasteiger partial charge on any atom is 0.317 e. The van der Waals surface area contributed by atoms with Crippen molar-refractivity contribution >= 4 is 11.8 Å². The molecule has 0 aliphatic carbocycles. The van der Waals surface area contributed by atoms with Crippen LogP contribution < -0.4 is 10.6 Å². The van der Waals surface area contributed by atoms with E-state index in [0.717, 1.165) is 31.7 Å². The average Bonchev–Trinajstić information content (AvgIpc) is 2.48. The molecule has 5 nitrogen and oxygen atoms in total. The number of rotatable bonds is 4. The molecule has 1 aliphatic rings. The van der Waals surface area contributed by atoms with E-state index in [1.165, 1.54) is 0 Å². The summed E-state index contributed by atoms with van der Waals surface area (Å²) in [7, 11) is 0. The summed E-state index contributed by atoms with van der Waals surface area (Å²) < 4.78 is 0. The van der Waals surface area contributed by atoms with Gasteiger partial charge < -0.3 is 15.5 Å². The number of carbonyl (C=O) groups is 2. The molecule has 5 heteroatoms. The maximum atomic E-state index is 11.9. The minimum atomic E-state index is -0.0804. The Labute approximate surface area is 119 Å². The lowest BCUT2D eigenvalue weighted by molar-refractivity contribution is 0.0983. The Morgan fingerprint density at radius 3 is 2.50 bits per heavy atom. The molecule has 1 aliphatic heterocycles. The molecule has 0 aromatic heterocycles. The first kappa shape index (κ1) is 14.5. The zero-order valence-electron chi connectivity index (χ0n) is 11.8. The van der Waals surface area contributed by atoms with Gasteiger partial charge in [-0.3, -0.25) is 4.79 Å². The Balaban J connectivity index is 1.73. The third kappa shape index (κ3) is 4.06. The van der Waals surface area contributed by atoms with Crippen LogP contribution in [-0.2, 0) is 0 Å². The number of urea groups is 1. The molecule has 1 heterocycles. The molecule has 0 bridgehead atoms. The van der Waals surface area contributed by atoms with E-state index in [4.69, 9.17) is 0 Å². The second-order valence-electron chi connectivity index (χ2n) is 5.01. The van der Waals surface area contributed by atoms with E-state index in [1.807, 2.05) is 31.2 Å². The molecular weight excluding hydrogens is 254 g/mol. The molecular formula is C15H21N3O2. The molecule has 1 fully saturated rings. The zero-order chi connectivity index (χ0) is 14.4. The van der Waals surface area contributed by atoms with Gasteiger partial charge in [0, 0.05) is 44.7 Å². The van der Waals surface area contributed by atoms with Crippen molar-refractivity contribution in [3.8, 4) is 0 Å². The van der Waals surface area contributed by atoms with Crippen molar-refractivity contribution in [1.29, 1.82) is 0 Å². The fourth-order valence-electron chi connectivity index (χ4n) is 2.15. The standard InChI is InChI=1S/C15H21N3O2/c1-12-2-4-13(5-3-12)14(19)6-7-17-15(20)18-10-8-16-9-11-18/h2-5,16H,6-11H2,1H3,(H,17,20). The summed E-state index contributed by atoms with van der Waals surface area (Å²) in [6, 6.07) is 7.42. The van der Waals surface area contributed by atoms with Gasteiger partial charge >= 0.3 is 6.03 Å². The topological polar surface area (TPSA) is 61.4 Å². The van der Waals surface area contributed by atoms with Gasteiger partial charge in [0.25, 0.3) is 0 Å². The number of Topliss-reactive ketones (excluding diaryl/α,β-unsaturated/α-hetero) is 1. The molecule has 1 aromatic rings. The smallest absolute Gasteiger partial charge is 0.317 e. The van der Waals surface area contributed by atoms with Crippen molar-refractivity contribution < 1.29 is 9.59 Å². The zero-order valence-corrected chi connectivity index (χ0v) is 11.8. The molecule has 0 atom stereocenters. The Kier molecular flexibility index (Phi) is 5.12. The second kappa shape index (κ2) is 7.05. The van der Waals surface area contributed by atoms with Crippen molar-refractivity contribution in [3.63, 3.8) is 0 Å². The molecule has 0 radical (unpaired) electrons.